The van der Waals surface area contributed by atoms with Crippen molar-refractivity contribution in [2.45, 2.75) is 24.2 Å². The van der Waals surface area contributed by atoms with Crippen LogP contribution in [-0.4, -0.2) is 45.9 Å². The van der Waals surface area contributed by atoms with Crippen molar-refractivity contribution in [3.05, 3.63) is 48.0 Å². The summed E-state index contributed by atoms with van der Waals surface area (Å²) in [6.45, 7) is 0.948. The van der Waals surface area contributed by atoms with Gasteiger partial charge in [-0.15, -0.1) is 0 Å². The molecule has 0 aliphatic carbocycles. The zero-order valence-electron chi connectivity index (χ0n) is 16.0. The maximum absolute atomic E-state index is 13.1. The molecule has 1 aliphatic heterocycles. The molecular formula is C20H24N2O5S. The van der Waals surface area contributed by atoms with Crippen molar-refractivity contribution < 1.29 is 22.7 Å². The van der Waals surface area contributed by atoms with Crippen molar-refractivity contribution in [2.75, 3.05) is 32.6 Å². The van der Waals surface area contributed by atoms with Gasteiger partial charge in [-0.2, -0.15) is 4.31 Å². The summed E-state index contributed by atoms with van der Waals surface area (Å²) in [4.78, 5) is 13.0. The molecule has 1 aliphatic rings. The third-order valence-corrected chi connectivity index (χ3v) is 6.68. The maximum Gasteiger partial charge on any atom is 0.257 e. The second-order valence-corrected chi connectivity index (χ2v) is 8.39. The molecule has 1 amide bonds. The number of ether oxygens (including phenoxy) is 2. The lowest BCUT2D eigenvalue weighted by Crippen LogP contribution is -2.36. The number of nitrogens with zero attached hydrogens (tertiary/aromatic N) is 1. The van der Waals surface area contributed by atoms with E-state index in [0.29, 0.717) is 30.3 Å². The van der Waals surface area contributed by atoms with Gasteiger partial charge in [0, 0.05) is 19.2 Å². The third-order valence-electron chi connectivity index (χ3n) is 4.72. The van der Waals surface area contributed by atoms with E-state index >= 15 is 0 Å². The van der Waals surface area contributed by atoms with Crippen LogP contribution in [0.15, 0.2) is 47.4 Å². The number of nitrogens with one attached hydrogen (secondary N) is 1. The van der Waals surface area contributed by atoms with Crippen LogP contribution in [0.1, 0.15) is 29.6 Å². The normalized spacial score (nSPS) is 15.1. The summed E-state index contributed by atoms with van der Waals surface area (Å²) in [5.74, 6) is 0.471. The Hall–Kier alpha value is -2.58. The Morgan fingerprint density at radius 3 is 2.39 bits per heavy atom. The molecule has 0 unspecified atom stereocenters. The van der Waals surface area contributed by atoms with E-state index in [1.54, 1.807) is 30.3 Å². The standard InChI is InChI=1S/C20H24N2O5S/c1-26-15-10-11-18(27-2)17(14-15)21-20(23)16-8-4-5-9-19(16)28(24,25)22-12-6-3-7-13-22/h4-5,8-11,14H,3,6-7,12-13H2,1-2H3,(H,21,23). The summed E-state index contributed by atoms with van der Waals surface area (Å²) >= 11 is 0. The van der Waals surface area contributed by atoms with Crippen LogP contribution in [0, 0.1) is 0 Å². The predicted octanol–water partition coefficient (Wildman–Crippen LogP) is 3.13. The van der Waals surface area contributed by atoms with E-state index in [1.807, 2.05) is 0 Å². The summed E-state index contributed by atoms with van der Waals surface area (Å²) in [6.07, 6.45) is 2.67. The fourth-order valence-corrected chi connectivity index (χ4v) is 4.93. The zero-order chi connectivity index (χ0) is 20.1. The molecule has 1 heterocycles. The maximum atomic E-state index is 13.1. The highest BCUT2D eigenvalue weighted by molar-refractivity contribution is 7.89. The number of benzene rings is 2. The molecule has 0 bridgehead atoms. The minimum absolute atomic E-state index is 0.0104. The summed E-state index contributed by atoms with van der Waals surface area (Å²) in [5.41, 5.74) is 0.495. The van der Waals surface area contributed by atoms with Gasteiger partial charge in [-0.05, 0) is 37.1 Å². The van der Waals surface area contributed by atoms with Crippen molar-refractivity contribution in [1.29, 1.82) is 0 Å². The molecule has 3 rings (SSSR count). The first-order valence-corrected chi connectivity index (χ1v) is 10.5. The molecule has 1 saturated heterocycles. The van der Waals surface area contributed by atoms with Crippen molar-refractivity contribution in [3.8, 4) is 11.5 Å². The first-order valence-electron chi connectivity index (χ1n) is 9.10. The van der Waals surface area contributed by atoms with E-state index in [-0.39, 0.29) is 10.5 Å². The number of hydrogen-bond acceptors (Lipinski definition) is 5. The highest BCUT2D eigenvalue weighted by Crippen LogP contribution is 2.30. The number of amides is 1. The van der Waals surface area contributed by atoms with Crippen molar-refractivity contribution in [3.63, 3.8) is 0 Å². The zero-order valence-corrected chi connectivity index (χ0v) is 16.8. The summed E-state index contributed by atoms with van der Waals surface area (Å²) in [6, 6.07) is 11.3. The number of carbonyl (C=O) groups excluding carboxylic acids is 1. The van der Waals surface area contributed by atoms with Gasteiger partial charge in [0.05, 0.1) is 30.4 Å². The summed E-state index contributed by atoms with van der Waals surface area (Å²) in [5, 5.41) is 2.74. The van der Waals surface area contributed by atoms with Gasteiger partial charge in [0.2, 0.25) is 10.0 Å². The molecule has 0 radical (unpaired) electrons. The van der Waals surface area contributed by atoms with E-state index in [4.69, 9.17) is 9.47 Å². The van der Waals surface area contributed by atoms with Crippen LogP contribution < -0.4 is 14.8 Å². The Morgan fingerprint density at radius 1 is 1.00 bits per heavy atom. The summed E-state index contributed by atoms with van der Waals surface area (Å²) < 4.78 is 38.1. The van der Waals surface area contributed by atoms with Crippen molar-refractivity contribution in [1.82, 2.24) is 4.31 Å². The third kappa shape index (κ3) is 4.13. The largest absolute Gasteiger partial charge is 0.497 e. The van der Waals surface area contributed by atoms with Gasteiger partial charge in [-0.1, -0.05) is 18.6 Å². The van der Waals surface area contributed by atoms with Crippen LogP contribution in [0.25, 0.3) is 0 Å². The Morgan fingerprint density at radius 2 is 1.71 bits per heavy atom. The molecular weight excluding hydrogens is 380 g/mol. The molecule has 0 atom stereocenters. The van der Waals surface area contributed by atoms with E-state index < -0.39 is 15.9 Å². The predicted molar refractivity (Wildman–Crippen MR) is 107 cm³/mol. The van der Waals surface area contributed by atoms with Gasteiger partial charge in [0.15, 0.2) is 0 Å². The second-order valence-electron chi connectivity index (χ2n) is 6.48. The number of anilines is 1. The molecule has 28 heavy (non-hydrogen) atoms. The van der Waals surface area contributed by atoms with Gasteiger partial charge in [0.25, 0.3) is 5.91 Å². The monoisotopic (exact) mass is 404 g/mol. The number of hydrogen-bond donors (Lipinski definition) is 1. The molecule has 2 aromatic rings. The number of methoxy groups -OCH3 is 2. The quantitative estimate of drug-likeness (QED) is 0.800. The molecule has 2 aromatic carbocycles. The van der Waals surface area contributed by atoms with Crippen LogP contribution in [0.4, 0.5) is 5.69 Å². The van der Waals surface area contributed by atoms with Gasteiger partial charge >= 0.3 is 0 Å². The molecule has 8 heteroatoms. The minimum atomic E-state index is -3.74. The highest BCUT2D eigenvalue weighted by atomic mass is 32.2. The van der Waals surface area contributed by atoms with Crippen molar-refractivity contribution in [2.24, 2.45) is 0 Å². The van der Waals surface area contributed by atoms with Crippen molar-refractivity contribution >= 4 is 21.6 Å². The van der Waals surface area contributed by atoms with Gasteiger partial charge in [0.1, 0.15) is 11.5 Å². The number of carbonyl (C=O) groups is 1. The molecule has 7 nitrogen and oxygen atoms in total. The SMILES string of the molecule is COc1ccc(OC)c(NC(=O)c2ccccc2S(=O)(=O)N2CCCCC2)c1. The van der Waals surface area contributed by atoms with Crippen LogP contribution in [-0.2, 0) is 10.0 Å². The Kier molecular flexibility index (Phi) is 6.21. The van der Waals surface area contributed by atoms with Gasteiger partial charge in [-0.25, -0.2) is 8.42 Å². The van der Waals surface area contributed by atoms with E-state index in [0.717, 1.165) is 19.3 Å². The average Bonchev–Trinajstić information content (AvgIpc) is 2.74. The lowest BCUT2D eigenvalue weighted by atomic mass is 10.2. The molecule has 0 spiro atoms. The molecule has 1 fully saturated rings. The molecule has 0 saturated carbocycles. The van der Waals surface area contributed by atoms with Crippen LogP contribution in [0.5, 0.6) is 11.5 Å². The lowest BCUT2D eigenvalue weighted by molar-refractivity contribution is 0.102. The smallest absolute Gasteiger partial charge is 0.257 e. The van der Waals surface area contributed by atoms with Crippen LogP contribution in [0.2, 0.25) is 0 Å². The van der Waals surface area contributed by atoms with Gasteiger partial charge < -0.3 is 14.8 Å². The Bertz CT molecular complexity index is 953. The van der Waals surface area contributed by atoms with Crippen LogP contribution in [0.3, 0.4) is 0 Å². The van der Waals surface area contributed by atoms with E-state index in [2.05, 4.69) is 5.32 Å². The first kappa shape index (κ1) is 20.2. The van der Waals surface area contributed by atoms with Crippen LogP contribution >= 0.6 is 0 Å². The second kappa shape index (κ2) is 8.62. The number of rotatable bonds is 6. The summed E-state index contributed by atoms with van der Waals surface area (Å²) in [7, 11) is -0.728. The Labute approximate surface area is 165 Å². The van der Waals surface area contributed by atoms with Gasteiger partial charge in [-0.3, -0.25) is 4.79 Å². The van der Waals surface area contributed by atoms with E-state index in [9.17, 15) is 13.2 Å². The molecule has 0 aromatic heterocycles. The Balaban J connectivity index is 1.94. The fourth-order valence-electron chi connectivity index (χ4n) is 3.22. The average molecular weight is 404 g/mol. The number of piperidine rings is 1. The highest BCUT2D eigenvalue weighted by Gasteiger charge is 2.30. The molecule has 1 N–H and O–H groups in total. The topological polar surface area (TPSA) is 84.9 Å². The molecule has 150 valence electrons. The van der Waals surface area contributed by atoms with E-state index in [1.165, 1.54) is 30.7 Å². The number of sulfonamides is 1. The fraction of sp³-hybridized carbons (Fsp3) is 0.350. The lowest BCUT2D eigenvalue weighted by Gasteiger charge is -2.26. The minimum Gasteiger partial charge on any atom is -0.497 e. The first-order chi connectivity index (χ1) is 13.5.